The first-order valence-electron chi connectivity index (χ1n) is 8.54. The number of guanidine groups is 1. The Balaban J connectivity index is 2.11. The molecule has 1 aromatic heterocycles. The second-order valence-corrected chi connectivity index (χ2v) is 8.54. The Morgan fingerprint density at radius 1 is 1.19 bits per heavy atom. The molecule has 2 aromatic rings. The predicted molar refractivity (Wildman–Crippen MR) is 107 cm³/mol. The fraction of sp³-hybridized carbons (Fsp3) is 0.444. The molecule has 0 saturated carbocycles. The number of nitrogens with one attached hydrogen (secondary N) is 3. The predicted octanol–water partition coefficient (Wildman–Crippen LogP) is 1.62. The Morgan fingerprint density at radius 3 is 2.62 bits per heavy atom. The molecular formula is C18H27N5O2S. The minimum Gasteiger partial charge on any atom is -0.357 e. The summed E-state index contributed by atoms with van der Waals surface area (Å²) in [4.78, 5) is 8.99. The van der Waals surface area contributed by atoms with Crippen LogP contribution >= 0.6 is 0 Å². The van der Waals surface area contributed by atoms with Gasteiger partial charge in [-0.25, -0.2) is 18.1 Å². The minimum atomic E-state index is -3.28. The van der Waals surface area contributed by atoms with E-state index in [-0.39, 0.29) is 0 Å². The van der Waals surface area contributed by atoms with Gasteiger partial charge in [-0.1, -0.05) is 18.2 Å². The summed E-state index contributed by atoms with van der Waals surface area (Å²) in [6.07, 6.45) is 2.94. The molecule has 0 fully saturated rings. The van der Waals surface area contributed by atoms with Crippen LogP contribution in [0.1, 0.15) is 26.3 Å². The number of para-hydroxylation sites is 1. The lowest BCUT2D eigenvalue weighted by atomic mass is 10.1. The van der Waals surface area contributed by atoms with Gasteiger partial charge in [0.15, 0.2) is 5.96 Å². The molecule has 0 atom stereocenters. The highest BCUT2D eigenvalue weighted by Crippen LogP contribution is 2.16. The Labute approximate surface area is 155 Å². The van der Waals surface area contributed by atoms with Crippen molar-refractivity contribution in [2.45, 2.75) is 32.9 Å². The lowest BCUT2D eigenvalue weighted by Gasteiger charge is -2.26. The number of benzene rings is 1. The fourth-order valence-corrected chi connectivity index (χ4v) is 3.72. The summed E-state index contributed by atoms with van der Waals surface area (Å²) in [5.41, 5.74) is 1.39. The van der Waals surface area contributed by atoms with Gasteiger partial charge in [0.05, 0.1) is 18.3 Å². The summed E-state index contributed by atoms with van der Waals surface area (Å²) in [5.74, 6) is 0.636. The number of fused-ring (bicyclic) bond motifs is 1. The molecule has 0 unspecified atom stereocenters. The van der Waals surface area contributed by atoms with Gasteiger partial charge in [0, 0.05) is 30.2 Å². The van der Waals surface area contributed by atoms with Gasteiger partial charge in [0.25, 0.3) is 0 Å². The maximum atomic E-state index is 11.5. The van der Waals surface area contributed by atoms with Crippen molar-refractivity contribution in [3.05, 3.63) is 42.1 Å². The zero-order valence-corrected chi connectivity index (χ0v) is 16.5. The van der Waals surface area contributed by atoms with Gasteiger partial charge < -0.3 is 10.6 Å². The molecular weight excluding hydrogens is 350 g/mol. The highest BCUT2D eigenvalue weighted by molar-refractivity contribution is 7.88. The third-order valence-electron chi connectivity index (χ3n) is 3.65. The number of aliphatic imine (C=N–C) groups is 1. The third-order valence-corrected chi connectivity index (χ3v) is 4.57. The summed E-state index contributed by atoms with van der Waals surface area (Å²) < 4.78 is 25.5. The van der Waals surface area contributed by atoms with E-state index < -0.39 is 15.6 Å². The SMILES string of the molecule is CCNC(=NCc1ccnc2ccccc12)NCC(C)(C)NS(C)(=O)=O. The van der Waals surface area contributed by atoms with E-state index in [2.05, 4.69) is 25.3 Å². The van der Waals surface area contributed by atoms with Gasteiger partial charge in [-0.3, -0.25) is 4.98 Å². The number of rotatable bonds is 7. The molecule has 1 aromatic carbocycles. The van der Waals surface area contributed by atoms with Gasteiger partial charge in [-0.05, 0) is 38.5 Å². The Hall–Kier alpha value is -2.19. The van der Waals surface area contributed by atoms with E-state index in [9.17, 15) is 8.42 Å². The smallest absolute Gasteiger partial charge is 0.209 e. The fourth-order valence-electron chi connectivity index (χ4n) is 2.64. The molecule has 26 heavy (non-hydrogen) atoms. The summed E-state index contributed by atoms with van der Waals surface area (Å²) in [5, 5.41) is 7.46. The van der Waals surface area contributed by atoms with Crippen molar-refractivity contribution >= 4 is 26.9 Å². The van der Waals surface area contributed by atoms with Crippen LogP contribution in [0.4, 0.5) is 0 Å². The molecule has 0 aliphatic heterocycles. The van der Waals surface area contributed by atoms with Crippen LogP contribution in [-0.2, 0) is 16.6 Å². The normalized spacial score (nSPS) is 13.0. The first-order valence-corrected chi connectivity index (χ1v) is 10.4. The van der Waals surface area contributed by atoms with Crippen molar-refractivity contribution in [1.29, 1.82) is 0 Å². The molecule has 0 saturated heterocycles. The molecule has 142 valence electrons. The zero-order valence-electron chi connectivity index (χ0n) is 15.7. The lowest BCUT2D eigenvalue weighted by Crippen LogP contribution is -2.53. The molecule has 7 nitrogen and oxygen atoms in total. The molecule has 0 radical (unpaired) electrons. The van der Waals surface area contributed by atoms with Crippen LogP contribution in [0, 0.1) is 0 Å². The quantitative estimate of drug-likeness (QED) is 0.503. The monoisotopic (exact) mass is 377 g/mol. The van der Waals surface area contributed by atoms with E-state index in [1.165, 1.54) is 0 Å². The second-order valence-electron chi connectivity index (χ2n) is 6.79. The summed E-state index contributed by atoms with van der Waals surface area (Å²) in [6.45, 7) is 7.24. The molecule has 0 spiro atoms. The molecule has 2 rings (SSSR count). The van der Waals surface area contributed by atoms with Gasteiger partial charge in [-0.15, -0.1) is 0 Å². The van der Waals surface area contributed by atoms with E-state index >= 15 is 0 Å². The van der Waals surface area contributed by atoms with Crippen LogP contribution in [0.3, 0.4) is 0 Å². The van der Waals surface area contributed by atoms with Gasteiger partial charge in [0.1, 0.15) is 0 Å². The number of hydrogen-bond acceptors (Lipinski definition) is 4. The third kappa shape index (κ3) is 6.27. The first-order chi connectivity index (χ1) is 12.2. The van der Waals surface area contributed by atoms with Crippen LogP contribution < -0.4 is 15.4 Å². The van der Waals surface area contributed by atoms with Crippen molar-refractivity contribution in [2.75, 3.05) is 19.3 Å². The maximum Gasteiger partial charge on any atom is 0.209 e. The van der Waals surface area contributed by atoms with E-state index in [0.717, 1.165) is 22.7 Å². The van der Waals surface area contributed by atoms with Gasteiger partial charge in [-0.2, -0.15) is 0 Å². The highest BCUT2D eigenvalue weighted by atomic mass is 32.2. The van der Waals surface area contributed by atoms with Gasteiger partial charge >= 0.3 is 0 Å². The van der Waals surface area contributed by atoms with Crippen molar-refractivity contribution < 1.29 is 8.42 Å². The average molecular weight is 378 g/mol. The topological polar surface area (TPSA) is 95.5 Å². The van der Waals surface area contributed by atoms with Crippen LogP contribution in [-0.4, -0.2) is 44.2 Å². The van der Waals surface area contributed by atoms with Crippen LogP contribution in [0.25, 0.3) is 10.9 Å². The van der Waals surface area contributed by atoms with E-state index in [4.69, 9.17) is 0 Å². The Kier molecular flexibility index (Phi) is 6.55. The summed E-state index contributed by atoms with van der Waals surface area (Å²) in [7, 11) is -3.28. The van der Waals surface area contributed by atoms with Crippen molar-refractivity contribution in [1.82, 2.24) is 20.3 Å². The van der Waals surface area contributed by atoms with E-state index in [1.54, 1.807) is 6.20 Å². The summed E-state index contributed by atoms with van der Waals surface area (Å²) >= 11 is 0. The van der Waals surface area contributed by atoms with Crippen LogP contribution in [0.2, 0.25) is 0 Å². The van der Waals surface area contributed by atoms with Crippen molar-refractivity contribution in [2.24, 2.45) is 4.99 Å². The molecule has 0 bridgehead atoms. The maximum absolute atomic E-state index is 11.5. The second kappa shape index (κ2) is 8.46. The number of hydrogen-bond donors (Lipinski definition) is 3. The van der Waals surface area contributed by atoms with Crippen molar-refractivity contribution in [3.8, 4) is 0 Å². The lowest BCUT2D eigenvalue weighted by molar-refractivity contribution is 0.446. The average Bonchev–Trinajstić information content (AvgIpc) is 2.55. The molecule has 0 aliphatic carbocycles. The first kappa shape index (κ1) is 20.1. The molecule has 3 N–H and O–H groups in total. The molecule has 0 amide bonds. The molecule has 8 heteroatoms. The van der Waals surface area contributed by atoms with Crippen LogP contribution in [0.5, 0.6) is 0 Å². The molecule has 0 aliphatic rings. The zero-order chi connectivity index (χ0) is 19.2. The van der Waals surface area contributed by atoms with Crippen LogP contribution in [0.15, 0.2) is 41.5 Å². The number of sulfonamides is 1. The minimum absolute atomic E-state index is 0.406. The number of aromatic nitrogens is 1. The molecule has 1 heterocycles. The van der Waals surface area contributed by atoms with E-state index in [1.807, 2.05) is 51.1 Å². The highest BCUT2D eigenvalue weighted by Gasteiger charge is 2.22. The van der Waals surface area contributed by atoms with Crippen molar-refractivity contribution in [3.63, 3.8) is 0 Å². The Morgan fingerprint density at radius 2 is 1.92 bits per heavy atom. The number of pyridine rings is 1. The van der Waals surface area contributed by atoms with Gasteiger partial charge in [0.2, 0.25) is 10.0 Å². The standard InChI is InChI=1S/C18H27N5O2S/c1-5-19-17(22-13-18(2,3)23-26(4,24)25)21-12-14-10-11-20-16-9-7-6-8-15(14)16/h6-11,23H,5,12-13H2,1-4H3,(H2,19,21,22). The summed E-state index contributed by atoms with van der Waals surface area (Å²) in [6, 6.07) is 9.92. The largest absolute Gasteiger partial charge is 0.357 e. The van der Waals surface area contributed by atoms with E-state index in [0.29, 0.717) is 25.6 Å². The Bertz CT molecular complexity index is 873. The number of nitrogens with zero attached hydrogens (tertiary/aromatic N) is 2.